The zero-order valence-electron chi connectivity index (χ0n) is 18.4. The fraction of sp³-hybridized carbons (Fsp3) is 0.900. The van der Waals surface area contributed by atoms with Gasteiger partial charge in [-0.25, -0.2) is 4.79 Å². The summed E-state index contributed by atoms with van der Waals surface area (Å²) in [4.78, 5) is 27.3. The average molecular weight is 449 g/mol. The highest BCUT2D eigenvalue weighted by atomic mass is 32.2. The van der Waals surface area contributed by atoms with Crippen molar-refractivity contribution < 1.29 is 14.3 Å². The number of carbonyl (C=O) groups is 2. The number of nitrogens with two attached hydrogens (primary N) is 1. The van der Waals surface area contributed by atoms with Crippen LogP contribution in [0.3, 0.4) is 0 Å². The van der Waals surface area contributed by atoms with E-state index in [1.807, 2.05) is 6.26 Å². The topological polar surface area (TPSA) is 96.7 Å². The minimum Gasteiger partial charge on any atom is -0.467 e. The molecule has 0 saturated carbocycles. The van der Waals surface area contributed by atoms with Gasteiger partial charge in [0.25, 0.3) is 0 Å². The van der Waals surface area contributed by atoms with E-state index < -0.39 is 6.04 Å². The Bertz CT molecular complexity index is 498. The van der Waals surface area contributed by atoms with Crippen LogP contribution in [-0.4, -0.2) is 85.4 Å². The van der Waals surface area contributed by atoms with E-state index in [0.717, 1.165) is 38.1 Å². The average Bonchev–Trinajstić information content (AvgIpc) is 3.20. The van der Waals surface area contributed by atoms with Crippen molar-refractivity contribution in [3.63, 3.8) is 0 Å². The maximum Gasteiger partial charge on any atom is 0.328 e. The number of rotatable bonds is 14. The lowest BCUT2D eigenvalue weighted by Crippen LogP contribution is -2.54. The van der Waals surface area contributed by atoms with E-state index in [2.05, 4.69) is 42.0 Å². The van der Waals surface area contributed by atoms with E-state index in [0.29, 0.717) is 24.6 Å². The number of thiol groups is 1. The summed E-state index contributed by atoms with van der Waals surface area (Å²) in [6, 6.07) is -0.519. The first-order chi connectivity index (χ1) is 13.9. The van der Waals surface area contributed by atoms with Crippen LogP contribution in [0.25, 0.3) is 0 Å². The van der Waals surface area contributed by atoms with Gasteiger partial charge in [-0.1, -0.05) is 20.3 Å². The smallest absolute Gasteiger partial charge is 0.328 e. The Morgan fingerprint density at radius 2 is 2.14 bits per heavy atom. The third-order valence-electron chi connectivity index (χ3n) is 5.72. The number of likely N-dealkylation sites (tertiary alicyclic amines) is 1. The summed E-state index contributed by atoms with van der Waals surface area (Å²) >= 11 is 5.91. The fourth-order valence-electron chi connectivity index (χ4n) is 3.59. The number of hydrogen-bond acceptors (Lipinski definition) is 8. The second kappa shape index (κ2) is 14.5. The first-order valence-corrected chi connectivity index (χ1v) is 12.6. The molecule has 0 radical (unpaired) electrons. The first kappa shape index (κ1) is 26.6. The van der Waals surface area contributed by atoms with Gasteiger partial charge in [-0.3, -0.25) is 9.69 Å². The van der Waals surface area contributed by atoms with E-state index in [1.165, 1.54) is 7.11 Å². The number of nitrogens with zero attached hydrogens (tertiary/aromatic N) is 1. The molecule has 5 atom stereocenters. The Balaban J connectivity index is 2.74. The molecule has 0 aliphatic carbocycles. The van der Waals surface area contributed by atoms with Crippen molar-refractivity contribution in [2.24, 2.45) is 11.7 Å². The number of ether oxygens (including phenoxy) is 1. The highest BCUT2D eigenvalue weighted by Crippen LogP contribution is 2.20. The monoisotopic (exact) mass is 448 g/mol. The summed E-state index contributed by atoms with van der Waals surface area (Å²) in [6.07, 6.45) is 5.40. The summed E-state index contributed by atoms with van der Waals surface area (Å²) in [7, 11) is 1.36. The quantitative estimate of drug-likeness (QED) is 0.234. The minimum absolute atomic E-state index is 0.0137. The van der Waals surface area contributed by atoms with Crippen molar-refractivity contribution in [2.45, 2.75) is 63.7 Å². The Hall–Kier alpha value is -0.480. The maximum atomic E-state index is 13.0. The SMILES string of the molecule is CCC(C)C(CN1CCCC1C(=O)NC(CCSC)C(=O)OC)NC[C@H](N)CS. The Morgan fingerprint density at radius 1 is 1.41 bits per heavy atom. The molecule has 0 aromatic rings. The van der Waals surface area contributed by atoms with Crippen LogP contribution in [0.5, 0.6) is 0 Å². The molecule has 1 amide bonds. The molecular formula is C20H40N4O3S2. The summed E-state index contributed by atoms with van der Waals surface area (Å²) in [5.41, 5.74) is 6.02. The third-order valence-corrected chi connectivity index (χ3v) is 6.83. The summed E-state index contributed by atoms with van der Waals surface area (Å²) in [5, 5.41) is 6.51. The highest BCUT2D eigenvalue weighted by molar-refractivity contribution is 7.98. The first-order valence-electron chi connectivity index (χ1n) is 10.6. The molecule has 29 heavy (non-hydrogen) atoms. The molecule has 1 fully saturated rings. The van der Waals surface area contributed by atoms with Gasteiger partial charge in [-0.15, -0.1) is 0 Å². The molecule has 4 N–H and O–H groups in total. The molecule has 0 bridgehead atoms. The van der Waals surface area contributed by atoms with E-state index in [-0.39, 0.29) is 30.0 Å². The van der Waals surface area contributed by atoms with Crippen LogP contribution in [0.2, 0.25) is 0 Å². The molecule has 1 rings (SSSR count). The van der Waals surface area contributed by atoms with Gasteiger partial charge in [0.05, 0.1) is 13.2 Å². The van der Waals surface area contributed by atoms with Crippen molar-refractivity contribution in [2.75, 3.05) is 44.5 Å². The molecule has 1 aliphatic heterocycles. The number of esters is 1. The Morgan fingerprint density at radius 3 is 2.72 bits per heavy atom. The molecule has 0 aromatic heterocycles. The van der Waals surface area contributed by atoms with Crippen molar-refractivity contribution in [3.05, 3.63) is 0 Å². The normalized spacial score (nSPS) is 21.4. The molecule has 4 unspecified atom stereocenters. The van der Waals surface area contributed by atoms with Crippen LogP contribution in [0.1, 0.15) is 39.5 Å². The molecule has 7 nitrogen and oxygen atoms in total. The number of thioether (sulfide) groups is 1. The van der Waals surface area contributed by atoms with E-state index in [1.54, 1.807) is 11.8 Å². The molecule has 170 valence electrons. The van der Waals surface area contributed by atoms with Crippen molar-refractivity contribution >= 4 is 36.3 Å². The summed E-state index contributed by atoms with van der Waals surface area (Å²) < 4.78 is 4.87. The number of carbonyl (C=O) groups excluding carboxylic acids is 2. The number of methoxy groups -OCH3 is 1. The van der Waals surface area contributed by atoms with Crippen molar-refractivity contribution in [1.29, 1.82) is 0 Å². The van der Waals surface area contributed by atoms with Crippen LogP contribution >= 0.6 is 24.4 Å². The van der Waals surface area contributed by atoms with Gasteiger partial charge < -0.3 is 21.1 Å². The molecule has 0 aromatic carbocycles. The lowest BCUT2D eigenvalue weighted by Gasteiger charge is -2.33. The van der Waals surface area contributed by atoms with Gasteiger partial charge in [-0.05, 0) is 43.7 Å². The van der Waals surface area contributed by atoms with Gasteiger partial charge in [0.2, 0.25) is 5.91 Å². The van der Waals surface area contributed by atoms with Crippen LogP contribution in [0.15, 0.2) is 0 Å². The largest absolute Gasteiger partial charge is 0.467 e. The standard InChI is InChI=1S/C20H40N4O3S2/c1-5-14(2)17(22-11-15(21)13-28)12-24-9-6-7-18(24)19(25)23-16(8-10-29-4)20(26)27-3/h14-18,22,28H,5-13,21H2,1-4H3,(H,23,25)/t14?,15-,16?,17?,18?/m0/s1. The van der Waals surface area contributed by atoms with Crippen LogP contribution in [-0.2, 0) is 14.3 Å². The van der Waals surface area contributed by atoms with E-state index >= 15 is 0 Å². The van der Waals surface area contributed by atoms with Crippen LogP contribution < -0.4 is 16.4 Å². The van der Waals surface area contributed by atoms with Crippen LogP contribution in [0.4, 0.5) is 0 Å². The van der Waals surface area contributed by atoms with Gasteiger partial charge in [-0.2, -0.15) is 24.4 Å². The molecular weight excluding hydrogens is 408 g/mol. The molecule has 1 aliphatic rings. The predicted octanol–water partition coefficient (Wildman–Crippen LogP) is 1.12. The zero-order valence-corrected chi connectivity index (χ0v) is 20.1. The van der Waals surface area contributed by atoms with Crippen molar-refractivity contribution in [1.82, 2.24) is 15.5 Å². The lowest BCUT2D eigenvalue weighted by molar-refractivity contribution is -0.145. The number of hydrogen-bond donors (Lipinski definition) is 4. The van der Waals surface area contributed by atoms with Gasteiger partial charge >= 0.3 is 5.97 Å². The number of amides is 1. The van der Waals surface area contributed by atoms with E-state index in [9.17, 15) is 9.59 Å². The number of nitrogens with one attached hydrogen (secondary N) is 2. The predicted molar refractivity (Wildman–Crippen MR) is 125 cm³/mol. The van der Waals surface area contributed by atoms with Gasteiger partial charge in [0, 0.05) is 30.9 Å². The van der Waals surface area contributed by atoms with E-state index in [4.69, 9.17) is 10.5 Å². The van der Waals surface area contributed by atoms with Crippen LogP contribution in [0, 0.1) is 5.92 Å². The molecule has 1 heterocycles. The van der Waals surface area contributed by atoms with Crippen molar-refractivity contribution in [3.8, 4) is 0 Å². The summed E-state index contributed by atoms with van der Waals surface area (Å²) in [6.45, 7) is 6.80. The van der Waals surface area contributed by atoms with Gasteiger partial charge in [0.1, 0.15) is 6.04 Å². The molecule has 0 spiro atoms. The minimum atomic E-state index is -0.584. The third kappa shape index (κ3) is 9.04. The second-order valence-corrected chi connectivity index (χ2v) is 9.21. The second-order valence-electron chi connectivity index (χ2n) is 7.86. The molecule has 1 saturated heterocycles. The zero-order chi connectivity index (χ0) is 21.8. The fourth-order valence-corrected chi connectivity index (χ4v) is 4.19. The Kier molecular flexibility index (Phi) is 13.3. The Labute approximate surface area is 186 Å². The maximum absolute atomic E-state index is 13.0. The summed E-state index contributed by atoms with van der Waals surface area (Å²) in [5.74, 6) is 1.45. The highest BCUT2D eigenvalue weighted by Gasteiger charge is 2.35. The van der Waals surface area contributed by atoms with Gasteiger partial charge in [0.15, 0.2) is 0 Å². The molecule has 9 heteroatoms. The lowest BCUT2D eigenvalue weighted by atomic mass is 9.98.